The molecule has 0 bridgehead atoms. The number of nitrogens with one attached hydrogen (secondary N) is 3. The van der Waals surface area contributed by atoms with Crippen LogP contribution in [0.5, 0.6) is 0 Å². The minimum absolute atomic E-state index is 0.151. The van der Waals surface area contributed by atoms with Gasteiger partial charge in [0, 0.05) is 22.6 Å². The second-order valence-corrected chi connectivity index (χ2v) is 8.32. The highest BCUT2D eigenvalue weighted by Gasteiger charge is 2.12. The molecule has 5 nitrogen and oxygen atoms in total. The van der Waals surface area contributed by atoms with Gasteiger partial charge in [0.1, 0.15) is 0 Å². The van der Waals surface area contributed by atoms with Gasteiger partial charge in [-0.2, -0.15) is 0 Å². The van der Waals surface area contributed by atoms with Gasteiger partial charge in [-0.3, -0.25) is 9.59 Å². The first kappa shape index (κ1) is 23.4. The van der Waals surface area contributed by atoms with Crippen molar-refractivity contribution in [1.29, 1.82) is 0 Å². The van der Waals surface area contributed by atoms with E-state index < -0.39 is 0 Å². The predicted octanol–water partition coefficient (Wildman–Crippen LogP) is 7.17. The Balaban J connectivity index is 1.39. The number of amides is 2. The molecule has 0 radical (unpaired) electrons. The van der Waals surface area contributed by atoms with E-state index in [1.807, 2.05) is 42.5 Å². The third kappa shape index (κ3) is 5.95. The van der Waals surface area contributed by atoms with Crippen LogP contribution in [-0.2, 0) is 11.2 Å². The van der Waals surface area contributed by atoms with Crippen LogP contribution in [0.3, 0.4) is 0 Å². The molecule has 4 aromatic carbocycles. The highest BCUT2D eigenvalue weighted by Crippen LogP contribution is 2.33. The first-order chi connectivity index (χ1) is 16.5. The van der Waals surface area contributed by atoms with Crippen molar-refractivity contribution in [3.63, 3.8) is 0 Å². The molecule has 0 spiro atoms. The first-order valence-corrected chi connectivity index (χ1v) is 11.3. The van der Waals surface area contributed by atoms with E-state index in [1.165, 1.54) is 0 Å². The van der Waals surface area contributed by atoms with Crippen molar-refractivity contribution in [3.05, 3.63) is 118 Å². The number of hydrogen-bond acceptors (Lipinski definition) is 3. The Bertz CT molecular complexity index is 1290. The number of carbonyl (C=O) groups is 2. The monoisotopic (exact) mass is 489 g/mol. The summed E-state index contributed by atoms with van der Waals surface area (Å²) in [5.41, 5.74) is 3.96. The average molecular weight is 490 g/mol. The molecular formula is C27H21Cl2N3O2. The molecule has 2 amide bonds. The van der Waals surface area contributed by atoms with E-state index in [9.17, 15) is 9.59 Å². The zero-order valence-corrected chi connectivity index (χ0v) is 19.5. The van der Waals surface area contributed by atoms with E-state index in [2.05, 4.69) is 16.0 Å². The van der Waals surface area contributed by atoms with Crippen LogP contribution >= 0.6 is 23.2 Å². The van der Waals surface area contributed by atoms with Crippen LogP contribution < -0.4 is 16.0 Å². The Morgan fingerprint density at radius 2 is 1.24 bits per heavy atom. The van der Waals surface area contributed by atoms with Crippen LogP contribution in [0.15, 0.2) is 97.1 Å². The second-order valence-electron chi connectivity index (χ2n) is 7.50. The predicted molar refractivity (Wildman–Crippen MR) is 139 cm³/mol. The SMILES string of the molecule is O=C(Cc1ccccc1Nc1c(Cl)cccc1Cl)Nc1ccc(NC(=O)c2ccccc2)cc1. The lowest BCUT2D eigenvalue weighted by atomic mass is 10.1. The second kappa shape index (κ2) is 10.9. The first-order valence-electron chi connectivity index (χ1n) is 10.5. The Labute approximate surface area is 207 Å². The molecule has 4 aromatic rings. The van der Waals surface area contributed by atoms with Crippen LogP contribution in [0.4, 0.5) is 22.7 Å². The molecule has 0 fully saturated rings. The van der Waals surface area contributed by atoms with Gasteiger partial charge in [0.05, 0.1) is 22.2 Å². The normalized spacial score (nSPS) is 10.4. The summed E-state index contributed by atoms with van der Waals surface area (Å²) in [7, 11) is 0. The lowest BCUT2D eigenvalue weighted by Crippen LogP contribution is -2.15. The fourth-order valence-corrected chi connectivity index (χ4v) is 3.85. The Kier molecular flexibility index (Phi) is 7.48. The lowest BCUT2D eigenvalue weighted by molar-refractivity contribution is -0.115. The molecule has 3 N–H and O–H groups in total. The smallest absolute Gasteiger partial charge is 0.255 e. The van der Waals surface area contributed by atoms with Crippen molar-refractivity contribution < 1.29 is 9.59 Å². The number of carbonyl (C=O) groups excluding carboxylic acids is 2. The number of halogens is 2. The number of anilines is 4. The van der Waals surface area contributed by atoms with Gasteiger partial charge in [0.25, 0.3) is 5.91 Å². The van der Waals surface area contributed by atoms with Gasteiger partial charge >= 0.3 is 0 Å². The molecule has 0 aromatic heterocycles. The van der Waals surface area contributed by atoms with Crippen molar-refractivity contribution in [2.24, 2.45) is 0 Å². The fraction of sp³-hybridized carbons (Fsp3) is 0.0370. The van der Waals surface area contributed by atoms with E-state index in [-0.39, 0.29) is 18.2 Å². The average Bonchev–Trinajstić information content (AvgIpc) is 2.84. The van der Waals surface area contributed by atoms with E-state index in [4.69, 9.17) is 23.2 Å². The molecule has 0 aliphatic carbocycles. The molecule has 0 saturated carbocycles. The van der Waals surface area contributed by atoms with E-state index >= 15 is 0 Å². The summed E-state index contributed by atoms with van der Waals surface area (Å²) in [6, 6.07) is 28.7. The third-order valence-corrected chi connectivity index (χ3v) is 5.68. The maximum Gasteiger partial charge on any atom is 0.255 e. The number of hydrogen-bond donors (Lipinski definition) is 3. The van der Waals surface area contributed by atoms with Gasteiger partial charge in [-0.05, 0) is 60.2 Å². The number of rotatable bonds is 7. The number of benzene rings is 4. The topological polar surface area (TPSA) is 70.2 Å². The molecule has 4 rings (SSSR count). The quantitative estimate of drug-likeness (QED) is 0.257. The third-order valence-electron chi connectivity index (χ3n) is 5.05. The fourth-order valence-electron chi connectivity index (χ4n) is 3.36. The maximum absolute atomic E-state index is 12.7. The molecule has 170 valence electrons. The van der Waals surface area contributed by atoms with Gasteiger partial charge in [-0.15, -0.1) is 0 Å². The van der Waals surface area contributed by atoms with E-state index in [0.29, 0.717) is 32.7 Å². The van der Waals surface area contributed by atoms with Crippen molar-refractivity contribution in [2.45, 2.75) is 6.42 Å². The van der Waals surface area contributed by atoms with Gasteiger partial charge in [0.15, 0.2) is 0 Å². The molecule has 0 saturated heterocycles. The minimum atomic E-state index is -0.194. The van der Waals surface area contributed by atoms with Crippen LogP contribution in [0.1, 0.15) is 15.9 Å². The molecule has 0 atom stereocenters. The molecule has 7 heteroatoms. The lowest BCUT2D eigenvalue weighted by Gasteiger charge is -2.14. The van der Waals surface area contributed by atoms with Gasteiger partial charge in [0.2, 0.25) is 5.91 Å². The Morgan fingerprint density at radius 1 is 0.647 bits per heavy atom. The highest BCUT2D eigenvalue weighted by molar-refractivity contribution is 6.39. The number of para-hydroxylation sites is 2. The van der Waals surface area contributed by atoms with Gasteiger partial charge in [-0.25, -0.2) is 0 Å². The van der Waals surface area contributed by atoms with Crippen molar-refractivity contribution in [2.75, 3.05) is 16.0 Å². The summed E-state index contributed by atoms with van der Waals surface area (Å²) in [5, 5.41) is 9.94. The zero-order chi connectivity index (χ0) is 23.9. The van der Waals surface area contributed by atoms with Crippen molar-refractivity contribution in [3.8, 4) is 0 Å². The standard InChI is InChI=1S/C27H21Cl2N3O2/c28-22-10-6-11-23(29)26(22)32-24-12-5-4-9-19(24)17-25(33)30-20-13-15-21(16-14-20)31-27(34)18-7-2-1-3-8-18/h1-16,32H,17H2,(H,30,33)(H,31,34). The zero-order valence-electron chi connectivity index (χ0n) is 18.0. The van der Waals surface area contributed by atoms with Gasteiger partial charge < -0.3 is 16.0 Å². The largest absolute Gasteiger partial charge is 0.353 e. The molecule has 34 heavy (non-hydrogen) atoms. The summed E-state index contributed by atoms with van der Waals surface area (Å²) < 4.78 is 0. The highest BCUT2D eigenvalue weighted by atomic mass is 35.5. The molecule has 0 aliphatic heterocycles. The van der Waals surface area contributed by atoms with Crippen molar-refractivity contribution >= 4 is 57.8 Å². The van der Waals surface area contributed by atoms with Gasteiger partial charge in [-0.1, -0.05) is 65.7 Å². The van der Waals surface area contributed by atoms with E-state index in [1.54, 1.807) is 54.6 Å². The summed E-state index contributed by atoms with van der Waals surface area (Å²) in [6.45, 7) is 0. The Hall–Kier alpha value is -3.80. The summed E-state index contributed by atoms with van der Waals surface area (Å²) in [5.74, 6) is -0.374. The van der Waals surface area contributed by atoms with Crippen LogP contribution in [0.2, 0.25) is 10.0 Å². The minimum Gasteiger partial charge on any atom is -0.353 e. The molecule has 0 heterocycles. The van der Waals surface area contributed by atoms with Crippen LogP contribution in [0, 0.1) is 0 Å². The van der Waals surface area contributed by atoms with Crippen molar-refractivity contribution in [1.82, 2.24) is 0 Å². The van der Waals surface area contributed by atoms with E-state index in [0.717, 1.165) is 11.3 Å². The van der Waals surface area contributed by atoms with Crippen LogP contribution in [-0.4, -0.2) is 11.8 Å². The van der Waals surface area contributed by atoms with Crippen LogP contribution in [0.25, 0.3) is 0 Å². The molecule has 0 aliphatic rings. The Morgan fingerprint density at radius 3 is 1.91 bits per heavy atom. The maximum atomic E-state index is 12.7. The summed E-state index contributed by atoms with van der Waals surface area (Å²) in [6.07, 6.45) is 0.151. The molecular weight excluding hydrogens is 469 g/mol. The molecule has 0 unspecified atom stereocenters. The summed E-state index contributed by atoms with van der Waals surface area (Å²) in [4.78, 5) is 25.0. The summed E-state index contributed by atoms with van der Waals surface area (Å²) >= 11 is 12.5.